The summed E-state index contributed by atoms with van der Waals surface area (Å²) >= 11 is 0. The van der Waals surface area contributed by atoms with Crippen LogP contribution in [-0.2, 0) is 4.79 Å². The number of ketones is 1. The summed E-state index contributed by atoms with van der Waals surface area (Å²) in [6.07, 6.45) is 3.42. The van der Waals surface area contributed by atoms with Crippen LogP contribution >= 0.6 is 12.4 Å². The Morgan fingerprint density at radius 1 is 1.10 bits per heavy atom. The van der Waals surface area contributed by atoms with E-state index in [0.717, 1.165) is 43.2 Å². The van der Waals surface area contributed by atoms with E-state index in [0.29, 0.717) is 30.6 Å². The predicted molar refractivity (Wildman–Crippen MR) is 121 cm³/mol. The van der Waals surface area contributed by atoms with Crippen LogP contribution in [0.2, 0.25) is 0 Å². The number of urea groups is 1. The molecule has 2 N–H and O–H groups in total. The number of rotatable bonds is 7. The Kier molecular flexibility index (Phi) is 7.18. The highest BCUT2D eigenvalue weighted by Gasteiger charge is 2.47. The zero-order valence-electron chi connectivity index (χ0n) is 17.6. The van der Waals surface area contributed by atoms with Gasteiger partial charge in [-0.2, -0.15) is 0 Å². The van der Waals surface area contributed by atoms with Crippen molar-refractivity contribution in [2.24, 2.45) is 0 Å². The van der Waals surface area contributed by atoms with Crippen LogP contribution in [0.5, 0.6) is 5.75 Å². The van der Waals surface area contributed by atoms with Gasteiger partial charge in [0.05, 0.1) is 12.7 Å². The normalized spacial score (nSPS) is 17.8. The van der Waals surface area contributed by atoms with Gasteiger partial charge in [0.1, 0.15) is 11.3 Å². The van der Waals surface area contributed by atoms with E-state index < -0.39 is 11.6 Å². The Morgan fingerprint density at radius 2 is 1.84 bits per heavy atom. The van der Waals surface area contributed by atoms with Crippen molar-refractivity contribution in [1.82, 2.24) is 15.5 Å². The fourth-order valence-electron chi connectivity index (χ4n) is 4.49. The van der Waals surface area contributed by atoms with Crippen molar-refractivity contribution >= 4 is 40.9 Å². The SMILES string of the molecule is COc1ccc2ccccc2c1C(=O)CCCCN1CCC2(CC1)NC(=O)NC2=O.Cl. The lowest BCUT2D eigenvalue weighted by Crippen LogP contribution is -2.54. The molecule has 1 spiro atoms. The van der Waals surface area contributed by atoms with Crippen LogP contribution in [0.1, 0.15) is 42.5 Å². The number of unbranched alkanes of at least 4 members (excludes halogenated alkanes) is 1. The van der Waals surface area contributed by atoms with Crippen LogP contribution in [0.15, 0.2) is 36.4 Å². The minimum absolute atomic E-state index is 0. The smallest absolute Gasteiger partial charge is 0.322 e. The van der Waals surface area contributed by atoms with Gasteiger partial charge in [0.2, 0.25) is 0 Å². The minimum Gasteiger partial charge on any atom is -0.496 e. The fourth-order valence-corrected chi connectivity index (χ4v) is 4.49. The van der Waals surface area contributed by atoms with Gasteiger partial charge in [-0.05, 0) is 49.1 Å². The molecule has 7 nitrogen and oxygen atoms in total. The molecule has 0 unspecified atom stereocenters. The number of nitrogens with one attached hydrogen (secondary N) is 2. The predicted octanol–water partition coefficient (Wildman–Crippen LogP) is 3.30. The van der Waals surface area contributed by atoms with Crippen molar-refractivity contribution in [1.29, 1.82) is 0 Å². The number of halogens is 1. The lowest BCUT2D eigenvalue weighted by molar-refractivity contribution is -0.125. The molecule has 31 heavy (non-hydrogen) atoms. The van der Waals surface area contributed by atoms with E-state index in [-0.39, 0.29) is 24.1 Å². The Balaban J connectivity index is 0.00000272. The number of benzene rings is 2. The van der Waals surface area contributed by atoms with Crippen LogP contribution in [0, 0.1) is 0 Å². The van der Waals surface area contributed by atoms with Crippen LogP contribution < -0.4 is 15.4 Å². The number of nitrogens with zero attached hydrogens (tertiary/aromatic N) is 1. The highest BCUT2D eigenvalue weighted by atomic mass is 35.5. The molecule has 0 bridgehead atoms. The van der Waals surface area contributed by atoms with Crippen molar-refractivity contribution in [3.05, 3.63) is 42.0 Å². The Bertz CT molecular complexity index is 986. The van der Waals surface area contributed by atoms with Crippen molar-refractivity contribution in [3.8, 4) is 5.75 Å². The maximum absolute atomic E-state index is 12.9. The van der Waals surface area contributed by atoms with E-state index in [9.17, 15) is 14.4 Å². The average molecular weight is 446 g/mol. The highest BCUT2D eigenvalue weighted by Crippen LogP contribution is 2.30. The first-order valence-electron chi connectivity index (χ1n) is 10.5. The third-order valence-corrected chi connectivity index (χ3v) is 6.24. The molecule has 2 aliphatic heterocycles. The number of piperidine rings is 1. The molecule has 2 aliphatic rings. The fraction of sp³-hybridized carbons (Fsp3) is 0.435. The molecule has 2 aromatic carbocycles. The lowest BCUT2D eigenvalue weighted by atomic mass is 9.87. The van der Waals surface area contributed by atoms with Gasteiger partial charge in [-0.15, -0.1) is 12.4 Å². The maximum Gasteiger partial charge on any atom is 0.322 e. The van der Waals surface area contributed by atoms with Gasteiger partial charge < -0.3 is 15.0 Å². The van der Waals surface area contributed by atoms with E-state index in [2.05, 4.69) is 15.5 Å². The zero-order chi connectivity index (χ0) is 21.1. The zero-order valence-corrected chi connectivity index (χ0v) is 18.4. The number of Topliss-reactive ketones (excluding diaryl/α,β-unsaturated/α-hetero) is 1. The van der Waals surface area contributed by atoms with E-state index in [1.54, 1.807) is 7.11 Å². The van der Waals surface area contributed by atoms with Crippen LogP contribution in [0.25, 0.3) is 10.8 Å². The molecule has 0 radical (unpaired) electrons. The van der Waals surface area contributed by atoms with Gasteiger partial charge in [0.25, 0.3) is 5.91 Å². The third-order valence-electron chi connectivity index (χ3n) is 6.24. The summed E-state index contributed by atoms with van der Waals surface area (Å²) in [6.45, 7) is 2.41. The monoisotopic (exact) mass is 445 g/mol. The molecule has 0 saturated carbocycles. The quantitative estimate of drug-likeness (QED) is 0.388. The van der Waals surface area contributed by atoms with Crippen molar-refractivity contribution < 1.29 is 19.1 Å². The Labute approximate surface area is 187 Å². The third kappa shape index (κ3) is 4.67. The number of hydrogen-bond donors (Lipinski definition) is 2. The second-order valence-electron chi connectivity index (χ2n) is 8.08. The van der Waals surface area contributed by atoms with Crippen LogP contribution in [0.3, 0.4) is 0 Å². The summed E-state index contributed by atoms with van der Waals surface area (Å²) < 4.78 is 5.45. The number of carbonyl (C=O) groups excluding carboxylic acids is 3. The molecule has 2 fully saturated rings. The summed E-state index contributed by atoms with van der Waals surface area (Å²) in [5, 5.41) is 7.09. The van der Waals surface area contributed by atoms with Crippen LogP contribution in [0.4, 0.5) is 4.79 Å². The maximum atomic E-state index is 12.9. The first kappa shape index (κ1) is 23.0. The molecule has 0 atom stereocenters. The summed E-state index contributed by atoms with van der Waals surface area (Å²) in [5.41, 5.74) is -0.0624. The van der Waals surface area contributed by atoms with Gasteiger partial charge in [-0.3, -0.25) is 14.9 Å². The second kappa shape index (κ2) is 9.66. The standard InChI is InChI=1S/C23H27N3O4.ClH/c1-30-19-10-9-16-6-2-3-7-17(16)20(19)18(27)8-4-5-13-26-14-11-23(12-15-26)21(28)24-22(29)25-23;/h2-3,6-7,9-10H,4-5,8,11-15H2,1H3,(H2,24,25,28,29);1H. The molecule has 4 rings (SSSR count). The number of hydrogen-bond acceptors (Lipinski definition) is 5. The van der Waals surface area contributed by atoms with Gasteiger partial charge in [-0.1, -0.05) is 30.3 Å². The van der Waals surface area contributed by atoms with Gasteiger partial charge in [0.15, 0.2) is 5.78 Å². The largest absolute Gasteiger partial charge is 0.496 e. The lowest BCUT2D eigenvalue weighted by Gasteiger charge is -2.36. The first-order valence-corrected chi connectivity index (χ1v) is 10.5. The van der Waals surface area contributed by atoms with Crippen LogP contribution in [-0.4, -0.2) is 54.9 Å². The molecule has 2 heterocycles. The molecular formula is C23H28ClN3O4. The molecule has 166 valence electrons. The van der Waals surface area contributed by atoms with E-state index in [1.807, 2.05) is 36.4 Å². The van der Waals surface area contributed by atoms with Gasteiger partial charge in [0, 0.05) is 19.5 Å². The topological polar surface area (TPSA) is 87.7 Å². The first-order chi connectivity index (χ1) is 14.5. The molecule has 3 amide bonds. The van der Waals surface area contributed by atoms with E-state index >= 15 is 0 Å². The van der Waals surface area contributed by atoms with Crippen molar-refractivity contribution in [2.45, 2.75) is 37.6 Å². The Morgan fingerprint density at radius 3 is 2.52 bits per heavy atom. The van der Waals surface area contributed by atoms with Gasteiger partial charge >= 0.3 is 6.03 Å². The average Bonchev–Trinajstić information content (AvgIpc) is 3.03. The molecule has 0 aromatic heterocycles. The molecule has 8 heteroatoms. The number of methoxy groups -OCH3 is 1. The minimum atomic E-state index is -0.728. The molecule has 2 aromatic rings. The number of imide groups is 1. The summed E-state index contributed by atoms with van der Waals surface area (Å²) in [7, 11) is 1.59. The highest BCUT2D eigenvalue weighted by molar-refractivity contribution is 6.10. The number of ether oxygens (including phenoxy) is 1. The Hall–Kier alpha value is -2.64. The summed E-state index contributed by atoms with van der Waals surface area (Å²) in [4.78, 5) is 38.7. The van der Waals surface area contributed by atoms with E-state index in [4.69, 9.17) is 4.74 Å². The molecular weight excluding hydrogens is 418 g/mol. The number of amides is 3. The second-order valence-corrected chi connectivity index (χ2v) is 8.08. The summed E-state index contributed by atoms with van der Waals surface area (Å²) in [5.74, 6) is 0.519. The van der Waals surface area contributed by atoms with E-state index in [1.165, 1.54) is 0 Å². The van der Waals surface area contributed by atoms with Crippen molar-refractivity contribution in [2.75, 3.05) is 26.7 Å². The number of likely N-dealkylation sites (tertiary alicyclic amines) is 1. The van der Waals surface area contributed by atoms with Crippen molar-refractivity contribution in [3.63, 3.8) is 0 Å². The number of carbonyl (C=O) groups is 3. The van der Waals surface area contributed by atoms with Gasteiger partial charge in [-0.25, -0.2) is 4.79 Å². The number of fused-ring (bicyclic) bond motifs is 1. The summed E-state index contributed by atoms with van der Waals surface area (Å²) in [6, 6.07) is 11.3. The molecule has 0 aliphatic carbocycles. The molecule has 2 saturated heterocycles.